The van der Waals surface area contributed by atoms with Crippen LogP contribution in [-0.2, 0) is 28.7 Å². The molecule has 2 aromatic carbocycles. The maximum absolute atomic E-state index is 12.7. The Kier molecular flexibility index (Phi) is 6.95. The third-order valence-corrected chi connectivity index (χ3v) is 6.97. The van der Waals surface area contributed by atoms with Crippen molar-refractivity contribution in [1.82, 2.24) is 9.21 Å². The third kappa shape index (κ3) is 5.38. The number of hydrogen-bond acceptors (Lipinski definition) is 5. The van der Waals surface area contributed by atoms with Gasteiger partial charge in [0, 0.05) is 38.3 Å². The highest BCUT2D eigenvalue weighted by molar-refractivity contribution is 7.88. The van der Waals surface area contributed by atoms with Crippen molar-refractivity contribution in [2.24, 2.45) is 0 Å². The zero-order valence-corrected chi connectivity index (χ0v) is 17.6. The molecule has 29 heavy (non-hydrogen) atoms. The molecule has 0 unspecified atom stereocenters. The molecule has 0 radical (unpaired) electrons. The van der Waals surface area contributed by atoms with E-state index in [-0.39, 0.29) is 11.5 Å². The van der Waals surface area contributed by atoms with Crippen LogP contribution in [0, 0.1) is 0 Å². The average molecular weight is 417 g/mol. The molecule has 1 N–H and O–H groups in total. The van der Waals surface area contributed by atoms with Crippen LogP contribution >= 0.6 is 0 Å². The van der Waals surface area contributed by atoms with Crippen LogP contribution in [0.25, 0.3) is 0 Å². The quantitative estimate of drug-likeness (QED) is 0.670. The fourth-order valence-electron chi connectivity index (χ4n) is 3.57. The summed E-state index contributed by atoms with van der Waals surface area (Å²) >= 11 is 0. The van der Waals surface area contributed by atoms with Gasteiger partial charge in [0.15, 0.2) is 11.5 Å². The van der Waals surface area contributed by atoms with Crippen molar-refractivity contribution in [3.8, 4) is 11.5 Å². The molecule has 0 saturated carbocycles. The smallest absolute Gasteiger partial charge is 0.218 e. The molecule has 7 heteroatoms. The topological polar surface area (TPSA) is 70.1 Å². The predicted molar refractivity (Wildman–Crippen MR) is 114 cm³/mol. The van der Waals surface area contributed by atoms with Gasteiger partial charge >= 0.3 is 0 Å². The summed E-state index contributed by atoms with van der Waals surface area (Å²) in [5.41, 5.74) is 2.60. The molecule has 0 atom stereocenters. The molecule has 1 aliphatic heterocycles. The number of benzene rings is 2. The van der Waals surface area contributed by atoms with Crippen LogP contribution in [0.15, 0.2) is 55.1 Å². The summed E-state index contributed by atoms with van der Waals surface area (Å²) in [6, 6.07) is 13.0. The molecule has 0 spiro atoms. The van der Waals surface area contributed by atoms with Gasteiger partial charge in [-0.1, -0.05) is 42.5 Å². The largest absolute Gasteiger partial charge is 0.504 e. The lowest BCUT2D eigenvalue weighted by atomic mass is 10.1. The Bertz CT molecular complexity index is 937. The van der Waals surface area contributed by atoms with E-state index in [2.05, 4.69) is 11.5 Å². The van der Waals surface area contributed by atoms with Crippen molar-refractivity contribution in [2.45, 2.75) is 18.7 Å². The van der Waals surface area contributed by atoms with E-state index in [9.17, 15) is 13.5 Å². The Morgan fingerprint density at radius 3 is 2.41 bits per heavy atom. The van der Waals surface area contributed by atoms with Gasteiger partial charge in [-0.15, -0.1) is 6.58 Å². The number of aromatic hydroxyl groups is 1. The molecule has 1 aliphatic rings. The second-order valence-corrected chi connectivity index (χ2v) is 9.18. The third-order valence-electron chi connectivity index (χ3n) is 5.12. The number of piperazine rings is 1. The van der Waals surface area contributed by atoms with E-state index < -0.39 is 10.0 Å². The number of sulfonamides is 1. The highest BCUT2D eigenvalue weighted by Crippen LogP contribution is 2.33. The van der Waals surface area contributed by atoms with Crippen LogP contribution in [0.5, 0.6) is 11.5 Å². The number of nitrogens with zero attached hydrogens (tertiary/aromatic N) is 2. The van der Waals surface area contributed by atoms with Gasteiger partial charge in [-0.2, -0.15) is 4.31 Å². The number of hydrogen-bond donors (Lipinski definition) is 1. The van der Waals surface area contributed by atoms with E-state index in [1.165, 1.54) is 7.11 Å². The Hall–Kier alpha value is -2.35. The monoisotopic (exact) mass is 416 g/mol. The summed E-state index contributed by atoms with van der Waals surface area (Å²) in [5, 5.41) is 10.5. The zero-order valence-electron chi connectivity index (χ0n) is 16.8. The number of phenols is 1. The number of rotatable bonds is 8. The van der Waals surface area contributed by atoms with Gasteiger partial charge in [0.25, 0.3) is 0 Å². The van der Waals surface area contributed by atoms with Crippen LogP contribution in [0.2, 0.25) is 0 Å². The first-order valence-electron chi connectivity index (χ1n) is 9.66. The van der Waals surface area contributed by atoms with Crippen LogP contribution < -0.4 is 4.74 Å². The minimum absolute atomic E-state index is 0.0232. The van der Waals surface area contributed by atoms with Gasteiger partial charge in [0.05, 0.1) is 12.9 Å². The molecule has 1 heterocycles. The van der Waals surface area contributed by atoms with Crippen LogP contribution in [-0.4, -0.2) is 56.0 Å². The molecule has 1 saturated heterocycles. The summed E-state index contributed by atoms with van der Waals surface area (Å²) in [6.07, 6.45) is 2.50. The highest BCUT2D eigenvalue weighted by Gasteiger charge is 2.27. The Morgan fingerprint density at radius 1 is 1.10 bits per heavy atom. The van der Waals surface area contributed by atoms with Crippen molar-refractivity contribution < 1.29 is 18.3 Å². The van der Waals surface area contributed by atoms with Crippen molar-refractivity contribution in [2.75, 3.05) is 33.3 Å². The first kappa shape index (κ1) is 21.4. The molecule has 3 rings (SSSR count). The summed E-state index contributed by atoms with van der Waals surface area (Å²) in [4.78, 5) is 2.15. The fourth-order valence-corrected chi connectivity index (χ4v) is 5.09. The molecular weight excluding hydrogens is 388 g/mol. The lowest BCUT2D eigenvalue weighted by Crippen LogP contribution is -2.48. The number of allylic oxidation sites excluding steroid dienone is 1. The average Bonchev–Trinajstić information content (AvgIpc) is 2.71. The lowest BCUT2D eigenvalue weighted by molar-refractivity contribution is 0.179. The van der Waals surface area contributed by atoms with E-state index in [0.717, 1.165) is 16.7 Å². The standard InChI is InChI=1S/C22H28N2O4S/c1-3-7-19-14-20(22(25)21(15-19)28-2)16-23-10-12-24(13-11-23)29(26,27)17-18-8-5-4-6-9-18/h3-6,8-9,14-15,25H,1,7,10-13,16-17H2,2H3. The minimum Gasteiger partial charge on any atom is -0.504 e. The second-order valence-electron chi connectivity index (χ2n) is 7.22. The van der Waals surface area contributed by atoms with Crippen molar-refractivity contribution in [1.29, 1.82) is 0 Å². The predicted octanol–water partition coefficient (Wildman–Crippen LogP) is 2.78. The van der Waals surface area contributed by atoms with Gasteiger partial charge in [-0.3, -0.25) is 4.90 Å². The fraction of sp³-hybridized carbons (Fsp3) is 0.364. The van der Waals surface area contributed by atoms with Crippen LogP contribution in [0.4, 0.5) is 0 Å². The van der Waals surface area contributed by atoms with Crippen molar-refractivity contribution >= 4 is 10.0 Å². The molecule has 156 valence electrons. The van der Waals surface area contributed by atoms with Gasteiger partial charge in [0.1, 0.15) is 0 Å². The van der Waals surface area contributed by atoms with E-state index in [1.807, 2.05) is 48.5 Å². The first-order chi connectivity index (χ1) is 13.9. The zero-order chi connectivity index (χ0) is 20.9. The molecule has 0 aliphatic carbocycles. The summed E-state index contributed by atoms with van der Waals surface area (Å²) in [7, 11) is -1.80. The number of ether oxygens (including phenoxy) is 1. The van der Waals surface area contributed by atoms with Gasteiger partial charge in [-0.25, -0.2) is 8.42 Å². The van der Waals surface area contributed by atoms with E-state index in [4.69, 9.17) is 4.74 Å². The van der Waals surface area contributed by atoms with E-state index in [0.29, 0.717) is 44.9 Å². The Balaban J connectivity index is 1.64. The summed E-state index contributed by atoms with van der Waals surface area (Å²) in [5.74, 6) is 0.609. The molecule has 0 amide bonds. The maximum atomic E-state index is 12.7. The number of phenolic OH excluding ortho intramolecular Hbond substituents is 1. The molecule has 1 fully saturated rings. The lowest BCUT2D eigenvalue weighted by Gasteiger charge is -2.34. The van der Waals surface area contributed by atoms with Gasteiger partial charge in [0.2, 0.25) is 10.0 Å². The molecule has 0 bridgehead atoms. The van der Waals surface area contributed by atoms with Crippen molar-refractivity contribution in [3.63, 3.8) is 0 Å². The Labute approximate surface area is 173 Å². The first-order valence-corrected chi connectivity index (χ1v) is 11.3. The van der Waals surface area contributed by atoms with E-state index >= 15 is 0 Å². The molecule has 2 aromatic rings. The van der Waals surface area contributed by atoms with Crippen molar-refractivity contribution in [3.05, 3.63) is 71.8 Å². The molecular formula is C22H28N2O4S. The maximum Gasteiger partial charge on any atom is 0.218 e. The Morgan fingerprint density at radius 2 is 1.79 bits per heavy atom. The normalized spacial score (nSPS) is 15.9. The minimum atomic E-state index is -3.34. The molecule has 0 aromatic heterocycles. The van der Waals surface area contributed by atoms with E-state index in [1.54, 1.807) is 4.31 Å². The van der Waals surface area contributed by atoms with Crippen LogP contribution in [0.1, 0.15) is 16.7 Å². The summed E-state index contributed by atoms with van der Waals surface area (Å²) < 4.78 is 32.3. The SMILES string of the molecule is C=CCc1cc(CN2CCN(S(=O)(=O)Cc3ccccc3)CC2)c(O)c(OC)c1. The van der Waals surface area contributed by atoms with Crippen LogP contribution in [0.3, 0.4) is 0 Å². The highest BCUT2D eigenvalue weighted by atomic mass is 32.2. The molecule has 6 nitrogen and oxygen atoms in total. The second kappa shape index (κ2) is 9.43. The van der Waals surface area contributed by atoms with Gasteiger partial charge < -0.3 is 9.84 Å². The van der Waals surface area contributed by atoms with Gasteiger partial charge in [-0.05, 0) is 23.6 Å². The number of methoxy groups -OCH3 is 1. The summed E-state index contributed by atoms with van der Waals surface area (Å²) in [6.45, 7) is 6.42.